The third kappa shape index (κ3) is 4.52. The summed E-state index contributed by atoms with van der Waals surface area (Å²) in [5.74, 6) is 2.51. The lowest BCUT2D eigenvalue weighted by molar-refractivity contribution is -0.133. The first kappa shape index (κ1) is 17.3. The third-order valence-electron chi connectivity index (χ3n) is 4.42. The highest BCUT2D eigenvalue weighted by Crippen LogP contribution is 2.22. The molecule has 0 saturated carbocycles. The van der Waals surface area contributed by atoms with E-state index in [-0.39, 0.29) is 11.9 Å². The van der Waals surface area contributed by atoms with Gasteiger partial charge in [0.2, 0.25) is 11.9 Å². The van der Waals surface area contributed by atoms with Gasteiger partial charge < -0.3 is 10.2 Å². The molecule has 0 bridgehead atoms. The van der Waals surface area contributed by atoms with Crippen LogP contribution in [-0.2, 0) is 4.79 Å². The van der Waals surface area contributed by atoms with Crippen molar-refractivity contribution in [2.24, 2.45) is 0 Å². The van der Waals surface area contributed by atoms with Crippen LogP contribution in [0.3, 0.4) is 0 Å². The molecular weight excluding hydrogens is 318 g/mol. The maximum atomic E-state index is 12.5. The van der Waals surface area contributed by atoms with Crippen molar-refractivity contribution >= 4 is 11.9 Å². The number of hydrogen-bond donors (Lipinski definition) is 1. The van der Waals surface area contributed by atoms with Crippen molar-refractivity contribution in [1.29, 1.82) is 0 Å². The zero-order valence-electron chi connectivity index (χ0n) is 14.9. The molecule has 1 aliphatic rings. The maximum Gasteiger partial charge on any atom is 0.222 e. The predicted molar refractivity (Wildman–Crippen MR) is 94.1 cm³/mol. The second kappa shape index (κ2) is 8.04. The molecule has 134 valence electrons. The molecule has 25 heavy (non-hydrogen) atoms. The van der Waals surface area contributed by atoms with Crippen molar-refractivity contribution < 1.29 is 4.79 Å². The minimum atomic E-state index is 0.204. The summed E-state index contributed by atoms with van der Waals surface area (Å²) in [5, 5.41) is 7.61. The van der Waals surface area contributed by atoms with Gasteiger partial charge in [0.25, 0.3) is 0 Å². The highest BCUT2D eigenvalue weighted by molar-refractivity contribution is 5.76. The number of carbonyl (C=O) groups is 1. The van der Waals surface area contributed by atoms with Crippen LogP contribution in [0.15, 0.2) is 18.5 Å². The lowest BCUT2D eigenvalue weighted by Gasteiger charge is -2.33. The Balaban J connectivity index is 1.46. The van der Waals surface area contributed by atoms with Gasteiger partial charge >= 0.3 is 0 Å². The van der Waals surface area contributed by atoms with E-state index in [4.69, 9.17) is 0 Å². The summed E-state index contributed by atoms with van der Waals surface area (Å²) in [6.07, 6.45) is 6.73. The molecule has 2 aromatic heterocycles. The SMILES string of the molecule is Cc1nc(C)n([C@@H]2CCCN(C(=O)CCCNc3ncccn3)C2)n1. The van der Waals surface area contributed by atoms with Gasteiger partial charge in [0.05, 0.1) is 6.04 Å². The molecule has 8 nitrogen and oxygen atoms in total. The molecule has 0 aliphatic carbocycles. The summed E-state index contributed by atoms with van der Waals surface area (Å²) in [5.41, 5.74) is 0. The first-order chi connectivity index (χ1) is 12.1. The number of nitrogens with zero attached hydrogens (tertiary/aromatic N) is 6. The molecule has 3 rings (SSSR count). The summed E-state index contributed by atoms with van der Waals surface area (Å²) in [4.78, 5) is 27.0. The summed E-state index contributed by atoms with van der Waals surface area (Å²) >= 11 is 0. The van der Waals surface area contributed by atoms with E-state index in [1.165, 1.54) is 0 Å². The van der Waals surface area contributed by atoms with Gasteiger partial charge in [-0.25, -0.2) is 19.6 Å². The van der Waals surface area contributed by atoms with Crippen molar-refractivity contribution in [2.75, 3.05) is 25.0 Å². The number of likely N-dealkylation sites (tertiary alicyclic amines) is 1. The van der Waals surface area contributed by atoms with E-state index in [1.807, 2.05) is 23.4 Å². The molecular formula is C17H25N7O. The van der Waals surface area contributed by atoms with Crippen LogP contribution in [0.1, 0.15) is 43.4 Å². The molecule has 2 aromatic rings. The normalized spacial score (nSPS) is 17.5. The summed E-state index contributed by atoms with van der Waals surface area (Å²) in [6.45, 7) is 6.11. The zero-order chi connectivity index (χ0) is 17.6. The van der Waals surface area contributed by atoms with Crippen molar-refractivity contribution in [2.45, 2.75) is 45.6 Å². The van der Waals surface area contributed by atoms with E-state index < -0.39 is 0 Å². The fourth-order valence-corrected chi connectivity index (χ4v) is 3.25. The van der Waals surface area contributed by atoms with Crippen LogP contribution in [0.25, 0.3) is 0 Å². The molecule has 3 heterocycles. The van der Waals surface area contributed by atoms with Crippen LogP contribution in [0, 0.1) is 13.8 Å². The Morgan fingerprint density at radius 1 is 1.32 bits per heavy atom. The van der Waals surface area contributed by atoms with E-state index in [0.29, 0.717) is 18.9 Å². The van der Waals surface area contributed by atoms with Crippen molar-refractivity contribution in [3.63, 3.8) is 0 Å². The van der Waals surface area contributed by atoms with Crippen LogP contribution in [0.5, 0.6) is 0 Å². The van der Waals surface area contributed by atoms with Gasteiger partial charge in [-0.1, -0.05) is 0 Å². The Kier molecular flexibility index (Phi) is 5.57. The van der Waals surface area contributed by atoms with Crippen LogP contribution < -0.4 is 5.32 Å². The van der Waals surface area contributed by atoms with E-state index in [2.05, 4.69) is 25.4 Å². The van der Waals surface area contributed by atoms with Gasteiger partial charge in [-0.3, -0.25) is 4.79 Å². The average molecular weight is 343 g/mol. The summed E-state index contributed by atoms with van der Waals surface area (Å²) in [7, 11) is 0. The quantitative estimate of drug-likeness (QED) is 0.804. The van der Waals surface area contributed by atoms with Gasteiger partial charge in [0.15, 0.2) is 0 Å². The second-order valence-corrected chi connectivity index (χ2v) is 6.39. The molecule has 1 aliphatic heterocycles. The Labute approximate surface area is 147 Å². The number of amides is 1. The smallest absolute Gasteiger partial charge is 0.222 e. The Morgan fingerprint density at radius 3 is 2.84 bits per heavy atom. The highest BCUT2D eigenvalue weighted by Gasteiger charge is 2.26. The fourth-order valence-electron chi connectivity index (χ4n) is 3.25. The van der Waals surface area contributed by atoms with Crippen molar-refractivity contribution in [3.8, 4) is 0 Å². The van der Waals surface area contributed by atoms with Crippen LogP contribution >= 0.6 is 0 Å². The van der Waals surface area contributed by atoms with Gasteiger partial charge in [-0.2, -0.15) is 5.10 Å². The van der Waals surface area contributed by atoms with Gasteiger partial charge in [0, 0.05) is 38.4 Å². The molecule has 1 fully saturated rings. The number of piperidine rings is 1. The first-order valence-corrected chi connectivity index (χ1v) is 8.82. The second-order valence-electron chi connectivity index (χ2n) is 6.39. The van der Waals surface area contributed by atoms with Crippen molar-refractivity contribution in [3.05, 3.63) is 30.1 Å². The standard InChI is InChI=1S/C17H25N7O/c1-13-21-14(2)24(22-13)15-6-4-11-23(12-15)16(25)7-3-8-18-17-19-9-5-10-20-17/h5,9-10,15H,3-4,6-8,11-12H2,1-2H3,(H,18,19,20)/t15-/m1/s1. The van der Waals surface area contributed by atoms with Crippen LogP contribution in [0.2, 0.25) is 0 Å². The molecule has 1 amide bonds. The van der Waals surface area contributed by atoms with E-state index >= 15 is 0 Å². The van der Waals surface area contributed by atoms with Gasteiger partial charge in [-0.15, -0.1) is 0 Å². The molecule has 1 N–H and O–H groups in total. The maximum absolute atomic E-state index is 12.5. The van der Waals surface area contributed by atoms with E-state index in [9.17, 15) is 4.79 Å². The minimum Gasteiger partial charge on any atom is -0.354 e. The Hall–Kier alpha value is -2.51. The number of aromatic nitrogens is 5. The van der Waals surface area contributed by atoms with Gasteiger partial charge in [-0.05, 0) is 39.2 Å². The minimum absolute atomic E-state index is 0.204. The molecule has 0 aromatic carbocycles. The van der Waals surface area contributed by atoms with Gasteiger partial charge in [0.1, 0.15) is 11.6 Å². The first-order valence-electron chi connectivity index (χ1n) is 8.82. The largest absolute Gasteiger partial charge is 0.354 e. The molecule has 1 atom stereocenters. The van der Waals surface area contributed by atoms with E-state index in [1.54, 1.807) is 18.5 Å². The lowest BCUT2D eigenvalue weighted by atomic mass is 10.1. The number of nitrogens with one attached hydrogen (secondary N) is 1. The Morgan fingerprint density at radius 2 is 2.12 bits per heavy atom. The topological polar surface area (TPSA) is 88.8 Å². The fraction of sp³-hybridized carbons (Fsp3) is 0.588. The predicted octanol–water partition coefficient (Wildman–Crippen LogP) is 1.74. The van der Waals surface area contributed by atoms with Crippen LogP contribution in [0.4, 0.5) is 5.95 Å². The molecule has 0 radical (unpaired) electrons. The number of carbonyl (C=O) groups excluding carboxylic acids is 1. The molecule has 0 unspecified atom stereocenters. The van der Waals surface area contributed by atoms with Crippen molar-refractivity contribution in [1.82, 2.24) is 29.6 Å². The monoisotopic (exact) mass is 343 g/mol. The summed E-state index contributed by atoms with van der Waals surface area (Å²) in [6, 6.07) is 2.01. The summed E-state index contributed by atoms with van der Waals surface area (Å²) < 4.78 is 1.98. The molecule has 1 saturated heterocycles. The van der Waals surface area contributed by atoms with E-state index in [0.717, 1.165) is 44.0 Å². The Bertz CT molecular complexity index is 700. The number of hydrogen-bond acceptors (Lipinski definition) is 6. The highest BCUT2D eigenvalue weighted by atomic mass is 16.2. The third-order valence-corrected chi connectivity index (χ3v) is 4.42. The lowest BCUT2D eigenvalue weighted by Crippen LogP contribution is -2.41. The molecule has 8 heteroatoms. The molecule has 0 spiro atoms. The number of aryl methyl sites for hydroxylation is 2. The van der Waals surface area contributed by atoms with Crippen LogP contribution in [-0.4, -0.2) is 55.2 Å². The average Bonchev–Trinajstić information content (AvgIpc) is 2.98. The zero-order valence-corrected chi connectivity index (χ0v) is 14.9. The number of anilines is 1. The number of rotatable bonds is 6.